The van der Waals surface area contributed by atoms with Crippen molar-refractivity contribution in [1.82, 2.24) is 25.1 Å². The first kappa shape index (κ1) is 26.2. The Labute approximate surface area is 208 Å². The van der Waals surface area contributed by atoms with E-state index in [1.807, 2.05) is 26.8 Å². The Hall–Kier alpha value is -2.04. The second kappa shape index (κ2) is 11.7. The maximum absolute atomic E-state index is 12.1. The summed E-state index contributed by atoms with van der Waals surface area (Å²) in [5.41, 5.74) is 1.72. The van der Waals surface area contributed by atoms with Crippen molar-refractivity contribution in [1.29, 1.82) is 0 Å². The van der Waals surface area contributed by atoms with Crippen LogP contribution < -0.4 is 10.6 Å². The Morgan fingerprint density at radius 2 is 2.06 bits per heavy atom. The number of aromatic nitrogens is 2. The van der Waals surface area contributed by atoms with Crippen molar-refractivity contribution < 1.29 is 9.53 Å². The molecule has 1 saturated heterocycles. The zero-order valence-corrected chi connectivity index (χ0v) is 22.2. The molecule has 8 nitrogen and oxygen atoms in total. The van der Waals surface area contributed by atoms with E-state index in [4.69, 9.17) is 9.73 Å². The number of rotatable bonds is 6. The van der Waals surface area contributed by atoms with E-state index in [9.17, 15) is 4.79 Å². The molecule has 178 valence electrons. The minimum absolute atomic E-state index is 0. The van der Waals surface area contributed by atoms with Crippen LogP contribution in [0, 0.1) is 6.92 Å². The van der Waals surface area contributed by atoms with Gasteiger partial charge in [-0.3, -0.25) is 4.99 Å². The van der Waals surface area contributed by atoms with Gasteiger partial charge in [0.2, 0.25) is 0 Å². The molecular weight excluding hydrogens is 519 g/mol. The van der Waals surface area contributed by atoms with Crippen LogP contribution in [0.5, 0.6) is 0 Å². The fraction of sp³-hybridized carbons (Fsp3) is 0.609. The molecule has 1 aromatic carbocycles. The van der Waals surface area contributed by atoms with Gasteiger partial charge >= 0.3 is 6.09 Å². The first-order valence-corrected chi connectivity index (χ1v) is 11.2. The molecule has 3 rings (SSSR count). The highest BCUT2D eigenvalue weighted by Crippen LogP contribution is 2.16. The number of hydrogen-bond acceptors (Lipinski definition) is 4. The number of ether oxygens (including phenoxy) is 1. The lowest BCUT2D eigenvalue weighted by molar-refractivity contribution is 0.0507. The van der Waals surface area contributed by atoms with Crippen LogP contribution in [0.1, 0.15) is 46.4 Å². The summed E-state index contributed by atoms with van der Waals surface area (Å²) in [6.45, 7) is 13.8. The van der Waals surface area contributed by atoms with Crippen LogP contribution in [0.25, 0.3) is 11.0 Å². The minimum Gasteiger partial charge on any atom is -0.444 e. The van der Waals surface area contributed by atoms with Crippen molar-refractivity contribution in [3.8, 4) is 0 Å². The molecule has 2 heterocycles. The number of para-hydroxylation sites is 2. The molecule has 0 bridgehead atoms. The lowest BCUT2D eigenvalue weighted by Gasteiger charge is -2.23. The van der Waals surface area contributed by atoms with E-state index in [0.29, 0.717) is 0 Å². The SMILES string of the molecule is CCNC(=NCCCn1c(C)nc2ccccc21)N1CCC(NC(=O)OC(C)(C)C)C1.I. The lowest BCUT2D eigenvalue weighted by Crippen LogP contribution is -2.44. The number of alkyl carbamates (subject to hydrolysis) is 1. The van der Waals surface area contributed by atoms with Gasteiger partial charge in [0.15, 0.2) is 5.96 Å². The van der Waals surface area contributed by atoms with Gasteiger partial charge in [0.1, 0.15) is 11.4 Å². The molecule has 1 atom stereocenters. The van der Waals surface area contributed by atoms with Crippen molar-refractivity contribution in [2.45, 2.75) is 65.6 Å². The summed E-state index contributed by atoms with van der Waals surface area (Å²) in [7, 11) is 0. The number of benzene rings is 1. The largest absolute Gasteiger partial charge is 0.444 e. The number of carbonyl (C=O) groups excluding carboxylic acids is 1. The van der Waals surface area contributed by atoms with Crippen molar-refractivity contribution in [3.05, 3.63) is 30.1 Å². The van der Waals surface area contributed by atoms with E-state index in [0.717, 1.165) is 62.9 Å². The number of hydrogen-bond donors (Lipinski definition) is 2. The summed E-state index contributed by atoms with van der Waals surface area (Å²) in [5.74, 6) is 1.94. The number of halogens is 1. The van der Waals surface area contributed by atoms with E-state index < -0.39 is 5.60 Å². The molecule has 1 aliphatic rings. The molecule has 1 aliphatic heterocycles. The van der Waals surface area contributed by atoms with E-state index >= 15 is 0 Å². The zero-order valence-electron chi connectivity index (χ0n) is 19.9. The third-order valence-electron chi connectivity index (χ3n) is 5.19. The molecule has 0 aliphatic carbocycles. The van der Waals surface area contributed by atoms with Gasteiger partial charge in [-0.05, 0) is 59.6 Å². The molecule has 0 spiro atoms. The molecule has 1 unspecified atom stereocenters. The molecule has 9 heteroatoms. The summed E-state index contributed by atoms with van der Waals surface area (Å²) < 4.78 is 7.63. The Balaban J connectivity index is 0.00000363. The Morgan fingerprint density at radius 1 is 1.31 bits per heavy atom. The predicted octanol–water partition coefficient (Wildman–Crippen LogP) is 3.92. The molecule has 2 N–H and O–H groups in total. The van der Waals surface area contributed by atoms with Crippen LogP contribution in [0.2, 0.25) is 0 Å². The van der Waals surface area contributed by atoms with Crippen LogP contribution in [-0.4, -0.2) is 64.3 Å². The number of nitrogens with zero attached hydrogens (tertiary/aromatic N) is 4. The van der Waals surface area contributed by atoms with Crippen LogP contribution in [0.3, 0.4) is 0 Å². The van der Waals surface area contributed by atoms with Gasteiger partial charge in [-0.2, -0.15) is 0 Å². The molecular formula is C23H37IN6O2. The molecule has 0 radical (unpaired) electrons. The van der Waals surface area contributed by atoms with Gasteiger partial charge in [-0.25, -0.2) is 9.78 Å². The molecule has 32 heavy (non-hydrogen) atoms. The number of amides is 1. The number of aryl methyl sites for hydroxylation is 2. The Kier molecular flexibility index (Phi) is 9.60. The number of fused-ring (bicyclic) bond motifs is 1. The quantitative estimate of drug-likeness (QED) is 0.244. The summed E-state index contributed by atoms with van der Waals surface area (Å²) in [5, 5.41) is 6.36. The third-order valence-corrected chi connectivity index (χ3v) is 5.19. The average Bonchev–Trinajstić information content (AvgIpc) is 3.26. The van der Waals surface area contributed by atoms with Crippen molar-refractivity contribution in [2.75, 3.05) is 26.2 Å². The van der Waals surface area contributed by atoms with Gasteiger partial charge in [0.25, 0.3) is 0 Å². The highest BCUT2D eigenvalue weighted by molar-refractivity contribution is 14.0. The van der Waals surface area contributed by atoms with Gasteiger partial charge in [0, 0.05) is 32.7 Å². The van der Waals surface area contributed by atoms with Crippen molar-refractivity contribution >= 4 is 47.1 Å². The molecule has 1 aromatic heterocycles. The molecule has 1 amide bonds. The van der Waals surface area contributed by atoms with E-state index in [1.54, 1.807) is 0 Å². The lowest BCUT2D eigenvalue weighted by atomic mass is 10.2. The fourth-order valence-electron chi connectivity index (χ4n) is 3.86. The normalized spacial score (nSPS) is 16.7. The first-order valence-electron chi connectivity index (χ1n) is 11.2. The highest BCUT2D eigenvalue weighted by atomic mass is 127. The van der Waals surface area contributed by atoms with Gasteiger partial charge in [-0.15, -0.1) is 24.0 Å². The predicted molar refractivity (Wildman–Crippen MR) is 140 cm³/mol. The number of carbonyl (C=O) groups is 1. The fourth-order valence-corrected chi connectivity index (χ4v) is 3.86. The number of imidazole rings is 1. The van der Waals surface area contributed by atoms with Gasteiger partial charge < -0.3 is 24.8 Å². The number of likely N-dealkylation sites (tertiary alicyclic amines) is 1. The summed E-state index contributed by atoms with van der Waals surface area (Å²) in [6, 6.07) is 8.31. The third kappa shape index (κ3) is 7.25. The van der Waals surface area contributed by atoms with E-state index in [-0.39, 0.29) is 36.1 Å². The Bertz CT molecular complexity index is 921. The smallest absolute Gasteiger partial charge is 0.407 e. The van der Waals surface area contributed by atoms with E-state index in [1.165, 1.54) is 5.52 Å². The van der Waals surface area contributed by atoms with Crippen molar-refractivity contribution in [3.63, 3.8) is 0 Å². The van der Waals surface area contributed by atoms with Crippen LogP contribution >= 0.6 is 24.0 Å². The maximum Gasteiger partial charge on any atom is 0.407 e. The maximum atomic E-state index is 12.1. The number of nitrogens with one attached hydrogen (secondary N) is 2. The second-order valence-corrected chi connectivity index (χ2v) is 8.97. The average molecular weight is 556 g/mol. The zero-order chi connectivity index (χ0) is 22.4. The standard InChI is InChI=1S/C23H36N6O2.HI/c1-6-24-21(28-15-12-18(16-28)27-22(30)31-23(3,4)5)25-13-9-14-29-17(2)26-19-10-7-8-11-20(19)29;/h7-8,10-11,18H,6,9,12-16H2,1-5H3,(H,24,25)(H,27,30);1H. The molecule has 1 fully saturated rings. The number of aliphatic imine (C=N–C) groups is 1. The van der Waals surface area contributed by atoms with Crippen LogP contribution in [0.15, 0.2) is 29.3 Å². The highest BCUT2D eigenvalue weighted by Gasteiger charge is 2.27. The van der Waals surface area contributed by atoms with Crippen molar-refractivity contribution in [2.24, 2.45) is 4.99 Å². The van der Waals surface area contributed by atoms with Gasteiger partial charge in [-0.1, -0.05) is 12.1 Å². The summed E-state index contributed by atoms with van der Waals surface area (Å²) in [6.07, 6.45) is 1.46. The number of guanidine groups is 1. The summed E-state index contributed by atoms with van der Waals surface area (Å²) >= 11 is 0. The molecule has 0 saturated carbocycles. The van der Waals surface area contributed by atoms with E-state index in [2.05, 4.69) is 57.1 Å². The first-order chi connectivity index (χ1) is 14.8. The minimum atomic E-state index is -0.488. The van der Waals surface area contributed by atoms with Gasteiger partial charge in [0.05, 0.1) is 17.1 Å². The monoisotopic (exact) mass is 556 g/mol. The Morgan fingerprint density at radius 3 is 2.78 bits per heavy atom. The van der Waals surface area contributed by atoms with Crippen LogP contribution in [-0.2, 0) is 11.3 Å². The second-order valence-electron chi connectivity index (χ2n) is 8.97. The van der Waals surface area contributed by atoms with Crippen LogP contribution in [0.4, 0.5) is 4.79 Å². The topological polar surface area (TPSA) is 83.8 Å². The summed E-state index contributed by atoms with van der Waals surface area (Å²) in [4.78, 5) is 23.7. The molecule has 2 aromatic rings.